The Kier molecular flexibility index (Phi) is 9.90. The highest BCUT2D eigenvalue weighted by Gasteiger charge is 2.81. The van der Waals surface area contributed by atoms with Gasteiger partial charge in [0.2, 0.25) is 0 Å². The van der Waals surface area contributed by atoms with Gasteiger partial charge in [-0.15, -0.1) is 0 Å². The monoisotopic (exact) mass is 760 g/mol. The number of esters is 1. The summed E-state index contributed by atoms with van der Waals surface area (Å²) in [6, 6.07) is 0. The van der Waals surface area contributed by atoms with E-state index >= 15 is 4.79 Å². The molecule has 7 rings (SSSR count). The number of fused-ring (bicyclic) bond motifs is 3. The highest BCUT2D eigenvalue weighted by molar-refractivity contribution is 6.74. The fraction of sp³-hybridized carbons (Fsp3) is 0.878. The van der Waals surface area contributed by atoms with Crippen molar-refractivity contribution in [2.45, 2.75) is 203 Å². The lowest BCUT2D eigenvalue weighted by atomic mass is 9.67. The lowest BCUT2D eigenvalue weighted by molar-refractivity contribution is -0.336. The van der Waals surface area contributed by atoms with Gasteiger partial charge in [0.15, 0.2) is 28.0 Å². The van der Waals surface area contributed by atoms with Crippen molar-refractivity contribution < 1.29 is 42.1 Å². The Morgan fingerprint density at radius 2 is 1.69 bits per heavy atom. The zero-order valence-electron chi connectivity index (χ0n) is 34.3. The van der Waals surface area contributed by atoms with Gasteiger partial charge in [0, 0.05) is 25.7 Å². The number of epoxide rings is 2. The molecule has 0 unspecified atom stereocenters. The van der Waals surface area contributed by atoms with Gasteiger partial charge in [-0.25, -0.2) is 0 Å². The molecule has 0 amide bonds. The van der Waals surface area contributed by atoms with E-state index in [1.165, 1.54) is 0 Å². The van der Waals surface area contributed by atoms with E-state index in [0.29, 0.717) is 25.4 Å². The minimum absolute atomic E-state index is 0.0175. The molecule has 9 nitrogen and oxygen atoms in total. The molecule has 11 heteroatoms. The van der Waals surface area contributed by atoms with Crippen molar-refractivity contribution in [2.24, 2.45) is 17.8 Å². The summed E-state index contributed by atoms with van der Waals surface area (Å²) in [5, 5.41) is -0.0175. The average molecular weight is 761 g/mol. The van der Waals surface area contributed by atoms with Crippen LogP contribution in [0.25, 0.3) is 0 Å². The molecule has 5 fully saturated rings. The fourth-order valence-corrected chi connectivity index (χ4v) is 12.7. The molecule has 7 aliphatic rings. The van der Waals surface area contributed by atoms with Crippen LogP contribution in [0, 0.1) is 17.8 Å². The van der Waals surface area contributed by atoms with Crippen molar-refractivity contribution in [3.05, 3.63) is 23.8 Å². The Hall–Kier alpha value is -0.896. The van der Waals surface area contributed by atoms with E-state index in [-0.39, 0.29) is 59.2 Å². The molecular weight excluding hydrogens is 693 g/mol. The van der Waals surface area contributed by atoms with E-state index in [1.807, 2.05) is 0 Å². The van der Waals surface area contributed by atoms with Crippen molar-refractivity contribution in [2.75, 3.05) is 6.61 Å². The molecule has 52 heavy (non-hydrogen) atoms. The second kappa shape index (κ2) is 13.1. The molecule has 5 saturated heterocycles. The van der Waals surface area contributed by atoms with Crippen LogP contribution in [0.3, 0.4) is 0 Å². The maximum absolute atomic E-state index is 15.1. The van der Waals surface area contributed by atoms with Gasteiger partial charge in [0.05, 0.1) is 36.6 Å². The van der Waals surface area contributed by atoms with Crippen molar-refractivity contribution in [3.8, 4) is 0 Å². The summed E-state index contributed by atoms with van der Waals surface area (Å²) in [5.74, 6) is -1.10. The van der Waals surface area contributed by atoms with Crippen LogP contribution in [0.5, 0.6) is 0 Å². The van der Waals surface area contributed by atoms with Crippen molar-refractivity contribution in [1.29, 1.82) is 0 Å². The van der Waals surface area contributed by atoms with Gasteiger partial charge in [-0.1, -0.05) is 59.8 Å². The van der Waals surface area contributed by atoms with Gasteiger partial charge in [0.1, 0.15) is 29.8 Å². The normalized spacial score (nSPS) is 48.6. The van der Waals surface area contributed by atoms with Crippen LogP contribution in [0.4, 0.5) is 0 Å². The molecule has 0 saturated carbocycles. The first-order chi connectivity index (χ1) is 24.1. The molecule has 1 aliphatic carbocycles. The van der Waals surface area contributed by atoms with E-state index in [1.54, 1.807) is 0 Å². The first kappa shape index (κ1) is 39.3. The first-order valence-electron chi connectivity index (χ1n) is 20.3. The van der Waals surface area contributed by atoms with Crippen LogP contribution in [0.1, 0.15) is 100 Å². The zero-order chi connectivity index (χ0) is 37.9. The predicted molar refractivity (Wildman–Crippen MR) is 205 cm³/mol. The number of carbonyl (C=O) groups excluding carboxylic acids is 1. The first-order valence-corrected chi connectivity index (χ1v) is 26.7. The van der Waals surface area contributed by atoms with Crippen LogP contribution in [0.15, 0.2) is 23.8 Å². The van der Waals surface area contributed by atoms with Crippen molar-refractivity contribution in [3.63, 3.8) is 0 Å². The SMILES string of the molecule is CC[C@H]1O[C@]2(CC[C@@H]1C)C[C@@H]1C[C@@H](C[C@@H]3O[C@@]3(C)C[C@@H](C)/C=C\[C@@H]3O[C@]34CO[C@@H]3[C@H](O[Si](C)(C)C(C)(C)C)C(C)=C[C@@H](C(=O)O1)[C@@]34O[Si](C)(C)C)O2. The highest BCUT2D eigenvalue weighted by atomic mass is 28.4. The summed E-state index contributed by atoms with van der Waals surface area (Å²) in [5.41, 5.74) is -1.22. The molecule has 0 aromatic heterocycles. The van der Waals surface area contributed by atoms with Crippen LogP contribution >= 0.6 is 0 Å². The van der Waals surface area contributed by atoms with Gasteiger partial charge < -0.3 is 37.3 Å². The lowest BCUT2D eigenvalue weighted by Crippen LogP contribution is -2.68. The summed E-state index contributed by atoms with van der Waals surface area (Å²) in [4.78, 5) is 15.1. The van der Waals surface area contributed by atoms with Crippen molar-refractivity contribution in [1.82, 2.24) is 0 Å². The molecule has 6 aliphatic heterocycles. The molecule has 0 radical (unpaired) electrons. The minimum Gasteiger partial charge on any atom is -0.462 e. The standard InChI is InChI=1S/C41H68O9Si2/c1-14-31-26(3)17-18-39(46-31)23-29-20-28(45-39)21-33-38(8,47-33)22-25(2)15-16-32-40(48-32)24-43-35-34(49-52(12,13)37(5,6)7)27(4)19-30(36(42)44-29)41(35,40)50-51(9,10)11/h15-16,19,25-26,28-35H,14,17-18,20-24H2,1-13H3/b16-15-/t25-,26-,28-,29-,30-,31+,32-,33-,34+,35+,38-,39+,40+,41+/m0/s1. The lowest BCUT2D eigenvalue weighted by Gasteiger charge is -2.52. The smallest absolute Gasteiger partial charge is 0.316 e. The van der Waals surface area contributed by atoms with Gasteiger partial charge in [-0.05, 0) is 88.3 Å². The molecule has 2 spiro atoms. The average Bonchev–Trinajstić information content (AvgIpc) is 3.86. The Morgan fingerprint density at radius 3 is 2.37 bits per heavy atom. The number of carbonyl (C=O) groups is 1. The Balaban J connectivity index is 1.32. The largest absolute Gasteiger partial charge is 0.462 e. The fourth-order valence-electron chi connectivity index (χ4n) is 10.00. The predicted octanol–water partition coefficient (Wildman–Crippen LogP) is 8.24. The zero-order valence-corrected chi connectivity index (χ0v) is 36.3. The topological polar surface area (TPSA) is 97.5 Å². The quantitative estimate of drug-likeness (QED) is 0.119. The Morgan fingerprint density at radius 1 is 0.962 bits per heavy atom. The number of allylic oxidation sites excluding steroid dienone is 1. The minimum atomic E-state index is -2.35. The van der Waals surface area contributed by atoms with Crippen molar-refractivity contribution >= 4 is 22.6 Å². The summed E-state index contributed by atoms with van der Waals surface area (Å²) in [7, 11) is -4.63. The van der Waals surface area contributed by atoms with E-state index in [2.05, 4.69) is 106 Å². The maximum atomic E-state index is 15.1. The summed E-state index contributed by atoms with van der Waals surface area (Å²) in [6.07, 6.45) is 10.5. The van der Waals surface area contributed by atoms with Crippen LogP contribution < -0.4 is 0 Å². The second-order valence-corrected chi connectivity index (χ2v) is 29.5. The molecule has 0 N–H and O–H groups in total. The van der Waals surface area contributed by atoms with Gasteiger partial charge >= 0.3 is 5.97 Å². The van der Waals surface area contributed by atoms with Crippen LogP contribution in [-0.4, -0.2) is 94.5 Å². The molecule has 294 valence electrons. The summed E-state index contributed by atoms with van der Waals surface area (Å²) < 4.78 is 55.4. The van der Waals surface area contributed by atoms with E-state index in [0.717, 1.165) is 37.7 Å². The van der Waals surface area contributed by atoms with E-state index < -0.39 is 45.6 Å². The van der Waals surface area contributed by atoms with Gasteiger partial charge in [0.25, 0.3) is 0 Å². The molecule has 0 aromatic rings. The van der Waals surface area contributed by atoms with Crippen LogP contribution in [-0.2, 0) is 42.1 Å². The van der Waals surface area contributed by atoms with Gasteiger partial charge in [-0.3, -0.25) is 4.79 Å². The molecular formula is C41H68O9Si2. The summed E-state index contributed by atoms with van der Waals surface area (Å²) in [6.45, 7) is 29.2. The Bertz CT molecular complexity index is 1450. The molecule has 2 bridgehead atoms. The number of hydrogen-bond acceptors (Lipinski definition) is 9. The molecule has 6 heterocycles. The number of rotatable bonds is 5. The third-order valence-electron chi connectivity index (χ3n) is 13.8. The highest BCUT2D eigenvalue weighted by Crippen LogP contribution is 2.63. The third kappa shape index (κ3) is 6.82. The second-order valence-electron chi connectivity index (χ2n) is 20.3. The number of ether oxygens (including phenoxy) is 6. The van der Waals surface area contributed by atoms with Crippen LogP contribution in [0.2, 0.25) is 37.8 Å². The Labute approximate surface area is 315 Å². The van der Waals surface area contributed by atoms with Gasteiger partial charge in [-0.2, -0.15) is 0 Å². The molecule has 14 atom stereocenters. The molecule has 0 aromatic carbocycles. The van der Waals surface area contributed by atoms with E-state index in [9.17, 15) is 0 Å². The number of hydrogen-bond donors (Lipinski definition) is 0. The van der Waals surface area contributed by atoms with E-state index in [4.69, 9.17) is 37.3 Å². The third-order valence-corrected chi connectivity index (χ3v) is 19.2. The summed E-state index contributed by atoms with van der Waals surface area (Å²) >= 11 is 0. The maximum Gasteiger partial charge on any atom is 0.316 e.